The summed E-state index contributed by atoms with van der Waals surface area (Å²) >= 11 is 0. The van der Waals surface area contributed by atoms with Crippen LogP contribution in [0.5, 0.6) is 0 Å². The summed E-state index contributed by atoms with van der Waals surface area (Å²) in [6, 6.07) is 0.940. The minimum atomic E-state index is 0. The minimum absolute atomic E-state index is 0. The highest BCUT2D eigenvalue weighted by atomic mass is 127. The summed E-state index contributed by atoms with van der Waals surface area (Å²) in [5.74, 6) is 1.46. The number of aliphatic imine (C=N–C) groups is 1. The Morgan fingerprint density at radius 1 is 1.33 bits per heavy atom. The van der Waals surface area contributed by atoms with Crippen LogP contribution in [0, 0.1) is 5.92 Å². The maximum atomic E-state index is 5.58. The maximum absolute atomic E-state index is 5.58. The maximum Gasteiger partial charge on any atom is 0.191 e. The molecule has 6 nitrogen and oxygen atoms in total. The van der Waals surface area contributed by atoms with Gasteiger partial charge in [-0.25, -0.2) is 0 Å². The highest BCUT2D eigenvalue weighted by Crippen LogP contribution is 2.09. The van der Waals surface area contributed by atoms with Crippen LogP contribution >= 0.6 is 24.0 Å². The van der Waals surface area contributed by atoms with Gasteiger partial charge in [-0.1, -0.05) is 13.8 Å². The normalized spacial score (nSPS) is 20.6. The van der Waals surface area contributed by atoms with Crippen LogP contribution < -0.4 is 10.6 Å². The highest BCUT2D eigenvalue weighted by molar-refractivity contribution is 14.0. The molecule has 0 saturated carbocycles. The molecule has 1 rings (SSSR count). The van der Waals surface area contributed by atoms with E-state index in [0.29, 0.717) is 18.0 Å². The van der Waals surface area contributed by atoms with Crippen LogP contribution in [-0.2, 0) is 9.47 Å². The Kier molecular flexibility index (Phi) is 14.0. The van der Waals surface area contributed by atoms with Gasteiger partial charge in [0.1, 0.15) is 0 Å². The first-order valence-electron chi connectivity index (χ1n) is 8.90. The molecular weight excluding hydrogens is 419 g/mol. The zero-order valence-corrected chi connectivity index (χ0v) is 18.3. The van der Waals surface area contributed by atoms with Crippen molar-refractivity contribution in [1.29, 1.82) is 0 Å². The second-order valence-electron chi connectivity index (χ2n) is 6.71. The Balaban J connectivity index is 0.00000529. The number of hydrogen-bond acceptors (Lipinski definition) is 4. The Morgan fingerprint density at radius 3 is 2.71 bits per heavy atom. The van der Waals surface area contributed by atoms with Gasteiger partial charge in [0, 0.05) is 52.0 Å². The van der Waals surface area contributed by atoms with Crippen LogP contribution in [-0.4, -0.2) is 76.1 Å². The molecule has 1 saturated heterocycles. The van der Waals surface area contributed by atoms with Gasteiger partial charge in [-0.2, -0.15) is 0 Å². The molecule has 1 heterocycles. The Morgan fingerprint density at radius 2 is 2.08 bits per heavy atom. The molecule has 1 fully saturated rings. The van der Waals surface area contributed by atoms with Gasteiger partial charge in [-0.15, -0.1) is 24.0 Å². The Hall–Kier alpha value is -0.120. The molecule has 0 spiro atoms. The van der Waals surface area contributed by atoms with Crippen molar-refractivity contribution in [2.75, 3.05) is 53.1 Å². The van der Waals surface area contributed by atoms with E-state index in [1.807, 2.05) is 7.05 Å². The third-order valence-corrected chi connectivity index (χ3v) is 3.98. The SMILES string of the molecule is CN=C(NCCCOCC(C)C)NCC(C)N1CCOCC1C.I. The van der Waals surface area contributed by atoms with Crippen LogP contribution in [0.1, 0.15) is 34.1 Å². The minimum Gasteiger partial charge on any atom is -0.381 e. The molecule has 1 aliphatic heterocycles. The predicted octanol–water partition coefficient (Wildman–Crippen LogP) is 1.94. The van der Waals surface area contributed by atoms with Gasteiger partial charge in [0.15, 0.2) is 5.96 Å². The first-order valence-corrected chi connectivity index (χ1v) is 8.90. The fourth-order valence-electron chi connectivity index (χ4n) is 2.68. The molecule has 2 unspecified atom stereocenters. The van der Waals surface area contributed by atoms with Gasteiger partial charge in [0.2, 0.25) is 0 Å². The van der Waals surface area contributed by atoms with Crippen LogP contribution in [0.4, 0.5) is 0 Å². The lowest BCUT2D eigenvalue weighted by Crippen LogP contribution is -2.53. The van der Waals surface area contributed by atoms with E-state index in [2.05, 4.69) is 48.2 Å². The van der Waals surface area contributed by atoms with E-state index in [4.69, 9.17) is 9.47 Å². The summed E-state index contributed by atoms with van der Waals surface area (Å²) in [6.45, 7) is 14.9. The lowest BCUT2D eigenvalue weighted by molar-refractivity contribution is -0.0174. The smallest absolute Gasteiger partial charge is 0.191 e. The Bertz CT molecular complexity index is 343. The number of hydrogen-bond donors (Lipinski definition) is 2. The molecule has 2 atom stereocenters. The van der Waals surface area contributed by atoms with E-state index in [9.17, 15) is 0 Å². The van der Waals surface area contributed by atoms with Gasteiger partial charge in [-0.3, -0.25) is 9.89 Å². The van der Waals surface area contributed by atoms with Crippen LogP contribution in [0.15, 0.2) is 4.99 Å². The van der Waals surface area contributed by atoms with Crippen molar-refractivity contribution in [3.63, 3.8) is 0 Å². The van der Waals surface area contributed by atoms with Gasteiger partial charge in [0.25, 0.3) is 0 Å². The first kappa shape index (κ1) is 23.9. The van der Waals surface area contributed by atoms with Crippen molar-refractivity contribution in [3.8, 4) is 0 Å². The average molecular weight is 456 g/mol. The second-order valence-corrected chi connectivity index (χ2v) is 6.71. The van der Waals surface area contributed by atoms with E-state index in [-0.39, 0.29) is 24.0 Å². The molecule has 24 heavy (non-hydrogen) atoms. The molecule has 0 bridgehead atoms. The number of rotatable bonds is 9. The fourth-order valence-corrected chi connectivity index (χ4v) is 2.68. The molecule has 0 aromatic carbocycles. The van der Waals surface area contributed by atoms with Gasteiger partial charge < -0.3 is 20.1 Å². The number of guanidine groups is 1. The topological polar surface area (TPSA) is 58.1 Å². The average Bonchev–Trinajstić information content (AvgIpc) is 2.53. The zero-order chi connectivity index (χ0) is 17.1. The summed E-state index contributed by atoms with van der Waals surface area (Å²) in [5.41, 5.74) is 0. The van der Waals surface area contributed by atoms with Crippen molar-refractivity contribution in [1.82, 2.24) is 15.5 Å². The predicted molar refractivity (Wildman–Crippen MR) is 112 cm³/mol. The van der Waals surface area contributed by atoms with Crippen molar-refractivity contribution in [3.05, 3.63) is 0 Å². The number of halogens is 1. The molecule has 0 amide bonds. The number of nitrogens with one attached hydrogen (secondary N) is 2. The molecular formula is C17H37IN4O2. The fraction of sp³-hybridized carbons (Fsp3) is 0.941. The van der Waals surface area contributed by atoms with E-state index < -0.39 is 0 Å². The van der Waals surface area contributed by atoms with Gasteiger partial charge in [0.05, 0.1) is 13.2 Å². The molecule has 0 radical (unpaired) electrons. The summed E-state index contributed by atoms with van der Waals surface area (Å²) in [7, 11) is 1.81. The van der Waals surface area contributed by atoms with Crippen molar-refractivity contribution < 1.29 is 9.47 Å². The van der Waals surface area contributed by atoms with Gasteiger partial charge in [-0.05, 0) is 26.2 Å². The number of nitrogens with zero attached hydrogens (tertiary/aromatic N) is 2. The van der Waals surface area contributed by atoms with Crippen molar-refractivity contribution >= 4 is 29.9 Å². The van der Waals surface area contributed by atoms with Crippen molar-refractivity contribution in [2.45, 2.75) is 46.2 Å². The highest BCUT2D eigenvalue weighted by Gasteiger charge is 2.23. The van der Waals surface area contributed by atoms with E-state index >= 15 is 0 Å². The molecule has 7 heteroatoms. The van der Waals surface area contributed by atoms with Crippen molar-refractivity contribution in [2.24, 2.45) is 10.9 Å². The molecule has 144 valence electrons. The summed E-state index contributed by atoms with van der Waals surface area (Å²) in [4.78, 5) is 6.77. The van der Waals surface area contributed by atoms with E-state index in [1.165, 1.54) is 0 Å². The standard InChI is InChI=1S/C17H36N4O2.HI/c1-14(2)12-22-9-6-7-19-17(18-5)20-11-15(3)21-8-10-23-13-16(21)4;/h14-16H,6-13H2,1-5H3,(H2,18,19,20);1H. The number of ether oxygens (including phenoxy) is 2. The second kappa shape index (κ2) is 14.1. The zero-order valence-electron chi connectivity index (χ0n) is 16.0. The number of morpholine rings is 1. The molecule has 0 aromatic rings. The third kappa shape index (κ3) is 10.0. The summed E-state index contributed by atoms with van der Waals surface area (Å²) < 4.78 is 11.1. The first-order chi connectivity index (χ1) is 11.0. The van der Waals surface area contributed by atoms with E-state index in [1.54, 1.807) is 0 Å². The van der Waals surface area contributed by atoms with Gasteiger partial charge >= 0.3 is 0 Å². The van der Waals surface area contributed by atoms with E-state index in [0.717, 1.165) is 58.4 Å². The largest absolute Gasteiger partial charge is 0.381 e. The third-order valence-electron chi connectivity index (χ3n) is 3.98. The molecule has 1 aliphatic rings. The quantitative estimate of drug-likeness (QED) is 0.241. The van der Waals surface area contributed by atoms with Crippen LogP contribution in [0.25, 0.3) is 0 Å². The lowest BCUT2D eigenvalue weighted by Gasteiger charge is -2.38. The monoisotopic (exact) mass is 456 g/mol. The lowest BCUT2D eigenvalue weighted by atomic mass is 10.2. The molecule has 0 aromatic heterocycles. The molecule has 2 N–H and O–H groups in total. The summed E-state index contributed by atoms with van der Waals surface area (Å²) in [6.07, 6.45) is 0.990. The molecule has 0 aliphatic carbocycles. The van der Waals surface area contributed by atoms with Crippen LogP contribution in [0.2, 0.25) is 0 Å². The Labute approximate surface area is 165 Å². The van der Waals surface area contributed by atoms with Crippen LogP contribution in [0.3, 0.4) is 0 Å². The summed E-state index contributed by atoms with van der Waals surface area (Å²) in [5, 5.41) is 6.75.